The molecule has 0 aliphatic carbocycles. The monoisotopic (exact) mass is 453 g/mol. The zero-order valence-electron chi connectivity index (χ0n) is 17.9. The second-order valence-electron chi connectivity index (χ2n) is 8.47. The third-order valence-electron chi connectivity index (χ3n) is 6.56. The predicted octanol–water partition coefficient (Wildman–Crippen LogP) is 5.22. The van der Waals surface area contributed by atoms with Crippen LogP contribution in [-0.4, -0.2) is 55.1 Å². The van der Waals surface area contributed by atoms with E-state index in [4.69, 9.17) is 0 Å². The number of nitrogens with zero attached hydrogens (tertiary/aromatic N) is 3. The molecule has 2 heterocycles. The Hall–Kier alpha value is -1.76. The van der Waals surface area contributed by atoms with Gasteiger partial charge in [-0.3, -0.25) is 9.80 Å². The van der Waals surface area contributed by atoms with Gasteiger partial charge in [0.15, 0.2) is 0 Å². The maximum absolute atomic E-state index is 13.3. The van der Waals surface area contributed by atoms with Gasteiger partial charge < -0.3 is 4.90 Å². The van der Waals surface area contributed by atoms with Crippen molar-refractivity contribution in [2.24, 2.45) is 0 Å². The van der Waals surface area contributed by atoms with Crippen LogP contribution in [0.5, 0.6) is 0 Å². The van der Waals surface area contributed by atoms with Gasteiger partial charge in [0, 0.05) is 44.5 Å². The van der Waals surface area contributed by atoms with E-state index in [0.29, 0.717) is 18.2 Å². The number of benzene rings is 2. The zero-order chi connectivity index (χ0) is 21.1. The number of likely N-dealkylation sites (tertiary alicyclic amines) is 1. The smallest absolute Gasteiger partial charge is 0.369 e. The molecule has 2 aliphatic rings. The number of piperidine rings is 1. The van der Waals surface area contributed by atoms with Gasteiger partial charge in [0.05, 0.1) is 5.56 Å². The van der Waals surface area contributed by atoms with E-state index >= 15 is 0 Å². The summed E-state index contributed by atoms with van der Waals surface area (Å²) in [6, 6.07) is 15.0. The van der Waals surface area contributed by atoms with Gasteiger partial charge in [-0.25, -0.2) is 0 Å². The molecule has 0 amide bonds. The number of piperazine rings is 1. The molecule has 2 aromatic carbocycles. The first-order valence-electron chi connectivity index (χ1n) is 10.8. The summed E-state index contributed by atoms with van der Waals surface area (Å²) in [6.45, 7) is 8.42. The number of anilines is 1. The lowest BCUT2D eigenvalue weighted by molar-refractivity contribution is -0.138. The standard InChI is InChI=1S/C24H30F3N3.ClH/c1-19-6-2-5-9-23(19)30-16-14-29(15-17-30)21-10-12-28(13-11-21)18-20-7-3-4-8-22(20)24(25,26)27;/h2-9,21H,10-18H2,1H3;1H. The molecule has 0 bridgehead atoms. The van der Waals surface area contributed by atoms with Crippen molar-refractivity contribution in [1.82, 2.24) is 9.80 Å². The fourth-order valence-corrected chi connectivity index (χ4v) is 4.86. The molecule has 0 unspecified atom stereocenters. The number of rotatable bonds is 4. The predicted molar refractivity (Wildman–Crippen MR) is 122 cm³/mol. The van der Waals surface area contributed by atoms with Gasteiger partial charge in [-0.2, -0.15) is 13.2 Å². The summed E-state index contributed by atoms with van der Waals surface area (Å²) in [6.07, 6.45) is -2.23. The van der Waals surface area contributed by atoms with Gasteiger partial charge in [-0.1, -0.05) is 36.4 Å². The molecule has 0 radical (unpaired) electrons. The maximum Gasteiger partial charge on any atom is 0.416 e. The van der Waals surface area contributed by atoms with Gasteiger partial charge in [0.1, 0.15) is 0 Å². The van der Waals surface area contributed by atoms with Crippen LogP contribution < -0.4 is 4.90 Å². The second-order valence-corrected chi connectivity index (χ2v) is 8.47. The molecule has 0 saturated carbocycles. The zero-order valence-corrected chi connectivity index (χ0v) is 18.8. The highest BCUT2D eigenvalue weighted by Crippen LogP contribution is 2.33. The van der Waals surface area contributed by atoms with Crippen LogP contribution in [0.4, 0.5) is 18.9 Å². The maximum atomic E-state index is 13.3. The second kappa shape index (κ2) is 10.2. The Balaban J connectivity index is 0.00000272. The third kappa shape index (κ3) is 5.73. The molecule has 170 valence electrons. The van der Waals surface area contributed by atoms with Crippen LogP contribution in [0.1, 0.15) is 29.5 Å². The summed E-state index contributed by atoms with van der Waals surface area (Å²) in [5.74, 6) is 0. The summed E-state index contributed by atoms with van der Waals surface area (Å²) in [5.41, 5.74) is 2.53. The van der Waals surface area contributed by atoms with Crippen molar-refractivity contribution in [3.8, 4) is 0 Å². The van der Waals surface area contributed by atoms with Gasteiger partial charge >= 0.3 is 6.18 Å². The minimum atomic E-state index is -4.29. The Bertz CT molecular complexity index is 842. The number of hydrogen-bond donors (Lipinski definition) is 0. The van der Waals surface area contributed by atoms with Crippen LogP contribution >= 0.6 is 12.4 Å². The summed E-state index contributed by atoms with van der Waals surface area (Å²) < 4.78 is 39.8. The third-order valence-corrected chi connectivity index (χ3v) is 6.56. The number of hydrogen-bond acceptors (Lipinski definition) is 3. The van der Waals surface area contributed by atoms with E-state index in [9.17, 15) is 13.2 Å². The number of alkyl halides is 3. The minimum Gasteiger partial charge on any atom is -0.369 e. The molecule has 0 aromatic heterocycles. The fraction of sp³-hybridized carbons (Fsp3) is 0.500. The van der Waals surface area contributed by atoms with E-state index < -0.39 is 11.7 Å². The van der Waals surface area contributed by atoms with Gasteiger partial charge in [0.25, 0.3) is 0 Å². The van der Waals surface area contributed by atoms with Gasteiger partial charge in [-0.15, -0.1) is 12.4 Å². The van der Waals surface area contributed by atoms with E-state index in [1.54, 1.807) is 12.1 Å². The molecular formula is C24H31ClF3N3. The lowest BCUT2D eigenvalue weighted by atomic mass is 10.00. The normalized spacial score (nSPS) is 19.3. The van der Waals surface area contributed by atoms with Crippen LogP contribution in [0.15, 0.2) is 48.5 Å². The van der Waals surface area contributed by atoms with Crippen LogP contribution in [0.2, 0.25) is 0 Å². The van der Waals surface area contributed by atoms with Crippen LogP contribution in [0.25, 0.3) is 0 Å². The van der Waals surface area contributed by atoms with Crippen molar-refractivity contribution < 1.29 is 13.2 Å². The van der Waals surface area contributed by atoms with E-state index in [0.717, 1.165) is 52.1 Å². The Morgan fingerprint density at radius 2 is 1.45 bits per heavy atom. The summed E-state index contributed by atoms with van der Waals surface area (Å²) in [4.78, 5) is 7.22. The number of aryl methyl sites for hydroxylation is 1. The number of para-hydroxylation sites is 1. The van der Waals surface area contributed by atoms with E-state index in [1.807, 2.05) is 0 Å². The summed E-state index contributed by atoms with van der Waals surface area (Å²) in [7, 11) is 0. The van der Waals surface area contributed by atoms with E-state index in [2.05, 4.69) is 45.9 Å². The Labute approximate surface area is 189 Å². The first-order valence-corrected chi connectivity index (χ1v) is 10.8. The fourth-order valence-electron chi connectivity index (χ4n) is 4.86. The summed E-state index contributed by atoms with van der Waals surface area (Å²) >= 11 is 0. The van der Waals surface area contributed by atoms with Crippen molar-refractivity contribution in [1.29, 1.82) is 0 Å². The average molecular weight is 454 g/mol. The molecule has 7 heteroatoms. The molecule has 2 saturated heterocycles. The Kier molecular flexibility index (Phi) is 7.89. The van der Waals surface area contributed by atoms with Crippen molar-refractivity contribution in [2.45, 2.75) is 38.5 Å². The molecule has 2 aliphatic heterocycles. The highest BCUT2D eigenvalue weighted by atomic mass is 35.5. The largest absolute Gasteiger partial charge is 0.416 e. The van der Waals surface area contributed by atoms with Crippen molar-refractivity contribution in [2.75, 3.05) is 44.2 Å². The highest BCUT2D eigenvalue weighted by Gasteiger charge is 2.34. The lowest BCUT2D eigenvalue weighted by Gasteiger charge is -2.43. The Morgan fingerprint density at radius 3 is 2.10 bits per heavy atom. The van der Waals surface area contributed by atoms with Crippen molar-refractivity contribution in [3.63, 3.8) is 0 Å². The summed E-state index contributed by atoms with van der Waals surface area (Å²) in [5, 5.41) is 0. The SMILES string of the molecule is Cc1ccccc1N1CCN(C2CCN(Cc3ccccc3C(F)(F)F)CC2)CC1.Cl. The number of halogens is 4. The van der Waals surface area contributed by atoms with Crippen LogP contribution in [0, 0.1) is 6.92 Å². The molecule has 3 nitrogen and oxygen atoms in total. The van der Waals surface area contributed by atoms with Crippen LogP contribution in [-0.2, 0) is 12.7 Å². The first-order chi connectivity index (χ1) is 14.4. The minimum absolute atomic E-state index is 0. The van der Waals surface area contributed by atoms with Gasteiger partial charge in [0.2, 0.25) is 0 Å². The molecule has 2 fully saturated rings. The van der Waals surface area contributed by atoms with E-state index in [-0.39, 0.29) is 12.4 Å². The highest BCUT2D eigenvalue weighted by molar-refractivity contribution is 5.85. The first kappa shape index (κ1) is 23.9. The quantitative estimate of drug-likeness (QED) is 0.628. The van der Waals surface area contributed by atoms with Crippen molar-refractivity contribution in [3.05, 3.63) is 65.2 Å². The van der Waals surface area contributed by atoms with Crippen LogP contribution in [0.3, 0.4) is 0 Å². The van der Waals surface area contributed by atoms with Crippen molar-refractivity contribution >= 4 is 18.1 Å². The molecular weight excluding hydrogens is 423 g/mol. The molecule has 0 spiro atoms. The lowest BCUT2D eigenvalue weighted by Crippen LogP contribution is -2.53. The molecule has 0 N–H and O–H groups in total. The molecule has 31 heavy (non-hydrogen) atoms. The molecule has 0 atom stereocenters. The van der Waals surface area contributed by atoms with E-state index in [1.165, 1.54) is 23.4 Å². The molecule has 2 aromatic rings. The van der Waals surface area contributed by atoms with Gasteiger partial charge in [-0.05, 0) is 56.1 Å². The molecule has 4 rings (SSSR count). The topological polar surface area (TPSA) is 9.72 Å². The average Bonchev–Trinajstić information content (AvgIpc) is 2.75. The Morgan fingerprint density at radius 1 is 0.839 bits per heavy atom.